The van der Waals surface area contributed by atoms with Gasteiger partial charge in [-0.1, -0.05) is 31.2 Å². The molecule has 0 radical (unpaired) electrons. The summed E-state index contributed by atoms with van der Waals surface area (Å²) in [5, 5.41) is 6.49. The third-order valence-corrected chi connectivity index (χ3v) is 8.70. The number of carbonyl (C=O) groups excluding carboxylic acids is 2. The first-order valence-electron chi connectivity index (χ1n) is 13.1. The number of nitrogens with two attached hydrogens (primary N) is 1. The molecule has 1 atom stereocenters. The van der Waals surface area contributed by atoms with Crippen LogP contribution in [0.1, 0.15) is 30.3 Å². The second-order valence-electron chi connectivity index (χ2n) is 9.78. The highest BCUT2D eigenvalue weighted by molar-refractivity contribution is 7.89. The standard InChI is InChI=1S/C26H28F5N7O5S/c1-3-25(27,28)18-6-4-17(5-7-18)14-33-22(39)21-15-36(24(40)38-23(32)34-16(2)35-38)12-13-37(21)44(41,42)20-10-8-19(9-11-20)43-26(29,30)31/h4-11,21H,3,12-15H2,1-2H3,(H,33,39)(H2,32,34,35)/t21-/m1/s1. The number of nitrogen functional groups attached to an aromatic ring is 1. The molecule has 1 aliphatic heterocycles. The fourth-order valence-electron chi connectivity index (χ4n) is 4.47. The van der Waals surface area contributed by atoms with Gasteiger partial charge in [0.15, 0.2) is 0 Å². The topological polar surface area (TPSA) is 153 Å². The number of nitrogens with zero attached hydrogens (tertiary/aromatic N) is 5. The van der Waals surface area contributed by atoms with Gasteiger partial charge in [0.25, 0.3) is 5.92 Å². The Morgan fingerprint density at radius 3 is 2.23 bits per heavy atom. The van der Waals surface area contributed by atoms with Crippen LogP contribution in [0.2, 0.25) is 0 Å². The lowest BCUT2D eigenvalue weighted by molar-refractivity contribution is -0.274. The van der Waals surface area contributed by atoms with E-state index in [1.165, 1.54) is 38.1 Å². The quantitative estimate of drug-likeness (QED) is 0.355. The number of hydrogen-bond donors (Lipinski definition) is 2. The zero-order valence-electron chi connectivity index (χ0n) is 23.4. The molecule has 0 spiro atoms. The minimum atomic E-state index is -4.99. The number of halogens is 5. The average Bonchev–Trinajstić information content (AvgIpc) is 3.32. The van der Waals surface area contributed by atoms with E-state index in [1.807, 2.05) is 0 Å². The van der Waals surface area contributed by atoms with Crippen molar-refractivity contribution in [3.63, 3.8) is 0 Å². The second kappa shape index (κ2) is 12.4. The van der Waals surface area contributed by atoms with Crippen LogP contribution >= 0.6 is 0 Å². The summed E-state index contributed by atoms with van der Waals surface area (Å²) >= 11 is 0. The van der Waals surface area contributed by atoms with Gasteiger partial charge in [-0.3, -0.25) is 4.79 Å². The number of sulfonamides is 1. The first-order valence-corrected chi connectivity index (χ1v) is 14.6. The molecule has 0 bridgehead atoms. The summed E-state index contributed by atoms with van der Waals surface area (Å²) in [7, 11) is -4.49. The first-order chi connectivity index (χ1) is 20.5. The minimum Gasteiger partial charge on any atom is -0.406 e. The first kappa shape index (κ1) is 32.6. The van der Waals surface area contributed by atoms with Gasteiger partial charge in [-0.15, -0.1) is 23.0 Å². The minimum absolute atomic E-state index is 0.159. The molecule has 1 saturated heterocycles. The number of ether oxygens (including phenoxy) is 1. The van der Waals surface area contributed by atoms with Crippen LogP contribution in [-0.4, -0.2) is 76.4 Å². The van der Waals surface area contributed by atoms with Crippen LogP contribution in [0.15, 0.2) is 53.4 Å². The van der Waals surface area contributed by atoms with Crippen molar-refractivity contribution in [1.29, 1.82) is 0 Å². The number of alkyl halides is 5. The van der Waals surface area contributed by atoms with Gasteiger partial charge in [-0.2, -0.15) is 9.29 Å². The van der Waals surface area contributed by atoms with Gasteiger partial charge in [-0.05, 0) is 36.8 Å². The molecule has 0 saturated carbocycles. The number of hydrogen-bond acceptors (Lipinski definition) is 8. The number of anilines is 1. The Bertz CT molecular complexity index is 1610. The van der Waals surface area contributed by atoms with Crippen molar-refractivity contribution in [2.75, 3.05) is 25.4 Å². The number of aromatic nitrogens is 3. The highest BCUT2D eigenvalue weighted by atomic mass is 32.2. The maximum atomic E-state index is 14.0. The van der Waals surface area contributed by atoms with E-state index in [0.717, 1.165) is 38.2 Å². The Balaban J connectivity index is 1.58. The monoisotopic (exact) mass is 645 g/mol. The molecule has 44 heavy (non-hydrogen) atoms. The molecule has 238 valence electrons. The molecule has 2 amide bonds. The van der Waals surface area contributed by atoms with Crippen LogP contribution in [0, 0.1) is 6.92 Å². The van der Waals surface area contributed by atoms with E-state index >= 15 is 0 Å². The highest BCUT2D eigenvalue weighted by Crippen LogP contribution is 2.31. The van der Waals surface area contributed by atoms with Crippen LogP contribution in [0.5, 0.6) is 5.75 Å². The number of aryl methyl sites for hydroxylation is 1. The van der Waals surface area contributed by atoms with Crippen molar-refractivity contribution < 1.29 is 44.7 Å². The lowest BCUT2D eigenvalue weighted by Crippen LogP contribution is -2.61. The van der Waals surface area contributed by atoms with Gasteiger partial charge < -0.3 is 20.7 Å². The smallest absolute Gasteiger partial charge is 0.406 e. The van der Waals surface area contributed by atoms with Crippen LogP contribution in [0.3, 0.4) is 0 Å². The Hall–Kier alpha value is -4.32. The SMILES string of the molecule is CCC(F)(F)c1ccc(CNC(=O)[C@H]2CN(C(=O)n3nc(C)nc3N)CCN2S(=O)(=O)c2ccc(OC(F)(F)F)cc2)cc1. The molecule has 2 heterocycles. The Morgan fingerprint density at radius 2 is 1.68 bits per heavy atom. The van der Waals surface area contributed by atoms with E-state index < -0.39 is 63.9 Å². The molecule has 1 fully saturated rings. The van der Waals surface area contributed by atoms with Gasteiger partial charge in [0.1, 0.15) is 17.6 Å². The van der Waals surface area contributed by atoms with E-state index in [1.54, 1.807) is 0 Å². The lowest BCUT2D eigenvalue weighted by atomic mass is 10.0. The largest absolute Gasteiger partial charge is 0.573 e. The molecular formula is C26H28F5N7O5S. The predicted molar refractivity (Wildman–Crippen MR) is 145 cm³/mol. The van der Waals surface area contributed by atoms with Gasteiger partial charge in [0.2, 0.25) is 21.9 Å². The number of piperazine rings is 1. The number of carbonyl (C=O) groups is 2. The summed E-state index contributed by atoms with van der Waals surface area (Å²) in [5.74, 6) is -4.52. The molecule has 0 unspecified atom stereocenters. The summed E-state index contributed by atoms with van der Waals surface area (Å²) in [6, 6.07) is 6.39. The summed E-state index contributed by atoms with van der Waals surface area (Å²) in [6.45, 7) is 1.67. The molecule has 0 aliphatic carbocycles. The van der Waals surface area contributed by atoms with Gasteiger partial charge in [-0.25, -0.2) is 22.0 Å². The van der Waals surface area contributed by atoms with Gasteiger partial charge in [0.05, 0.1) is 4.90 Å². The number of nitrogens with one attached hydrogen (secondary N) is 1. The zero-order chi connectivity index (χ0) is 32.4. The molecule has 1 aromatic heterocycles. The van der Waals surface area contributed by atoms with E-state index in [4.69, 9.17) is 5.73 Å². The molecule has 3 N–H and O–H groups in total. The van der Waals surface area contributed by atoms with Crippen LogP contribution in [0.4, 0.5) is 32.7 Å². The Labute approximate surface area is 248 Å². The Morgan fingerprint density at radius 1 is 1.05 bits per heavy atom. The van der Waals surface area contributed by atoms with Crippen molar-refractivity contribution in [1.82, 2.24) is 29.3 Å². The summed E-state index contributed by atoms with van der Waals surface area (Å²) in [4.78, 5) is 31.2. The third-order valence-electron chi connectivity index (χ3n) is 6.77. The molecule has 3 aromatic rings. The van der Waals surface area contributed by atoms with Crippen LogP contribution in [0.25, 0.3) is 0 Å². The van der Waals surface area contributed by atoms with Crippen molar-refractivity contribution in [2.45, 2.75) is 50.0 Å². The highest BCUT2D eigenvalue weighted by Gasteiger charge is 2.42. The molecular weight excluding hydrogens is 617 g/mol. The Kier molecular flexibility index (Phi) is 9.15. The maximum absolute atomic E-state index is 14.0. The van der Waals surface area contributed by atoms with E-state index in [2.05, 4.69) is 20.1 Å². The van der Waals surface area contributed by atoms with Crippen molar-refractivity contribution in [3.8, 4) is 5.75 Å². The maximum Gasteiger partial charge on any atom is 0.573 e. The fourth-order valence-corrected chi connectivity index (χ4v) is 6.04. The number of amides is 2. The molecule has 4 rings (SSSR count). The predicted octanol–water partition coefficient (Wildman–Crippen LogP) is 3.23. The molecule has 12 nitrogen and oxygen atoms in total. The van der Waals surface area contributed by atoms with Crippen LogP contribution < -0.4 is 15.8 Å². The van der Waals surface area contributed by atoms with Crippen molar-refractivity contribution >= 4 is 27.9 Å². The lowest BCUT2D eigenvalue weighted by Gasteiger charge is -2.39. The normalized spacial score (nSPS) is 16.5. The van der Waals surface area contributed by atoms with E-state index in [9.17, 15) is 40.0 Å². The average molecular weight is 646 g/mol. The summed E-state index contributed by atoms with van der Waals surface area (Å²) in [5.41, 5.74) is 5.99. The van der Waals surface area contributed by atoms with E-state index in [-0.39, 0.29) is 37.0 Å². The van der Waals surface area contributed by atoms with E-state index in [0.29, 0.717) is 5.56 Å². The summed E-state index contributed by atoms with van der Waals surface area (Å²) in [6.07, 6.45) is -5.39. The molecule has 2 aromatic carbocycles. The fraction of sp³-hybridized carbons (Fsp3) is 0.385. The third kappa shape index (κ3) is 7.24. The van der Waals surface area contributed by atoms with Crippen molar-refractivity contribution in [2.24, 2.45) is 0 Å². The second-order valence-corrected chi connectivity index (χ2v) is 11.7. The van der Waals surface area contributed by atoms with Crippen LogP contribution in [-0.2, 0) is 27.3 Å². The van der Waals surface area contributed by atoms with Gasteiger partial charge in [0, 0.05) is 38.2 Å². The number of rotatable bonds is 8. The summed E-state index contributed by atoms with van der Waals surface area (Å²) < 4.78 is 98.3. The molecule has 1 aliphatic rings. The van der Waals surface area contributed by atoms with Gasteiger partial charge >= 0.3 is 12.4 Å². The number of benzene rings is 2. The van der Waals surface area contributed by atoms with Crippen molar-refractivity contribution in [3.05, 3.63) is 65.5 Å². The molecule has 18 heteroatoms. The zero-order valence-corrected chi connectivity index (χ0v) is 24.2.